The summed E-state index contributed by atoms with van der Waals surface area (Å²) in [6, 6.07) is 4.27. The first-order valence-electron chi connectivity index (χ1n) is 5.51. The average molecular weight is 219 g/mol. The molecule has 0 fully saturated rings. The predicted octanol–water partition coefficient (Wildman–Crippen LogP) is 1.59. The molecule has 2 aromatic heterocycles. The first-order valence-corrected chi connectivity index (χ1v) is 5.51. The third kappa shape index (κ3) is 2.08. The third-order valence-corrected chi connectivity index (χ3v) is 2.76. The van der Waals surface area contributed by atoms with Crippen molar-refractivity contribution in [2.24, 2.45) is 0 Å². The minimum absolute atomic E-state index is 0.0941. The fraction of sp³-hybridized carbons (Fsp3) is 0.417. The van der Waals surface area contributed by atoms with E-state index in [0.29, 0.717) is 0 Å². The van der Waals surface area contributed by atoms with Gasteiger partial charge in [-0.05, 0) is 31.5 Å². The molecule has 2 atom stereocenters. The lowest BCUT2D eigenvalue weighted by atomic mass is 10.1. The SMILES string of the molecule is CC(CO)NC(C)c1c[nH]c2ncccc12. The Bertz CT molecular complexity index is 466. The first kappa shape index (κ1) is 11.1. The number of nitrogens with one attached hydrogen (secondary N) is 2. The van der Waals surface area contributed by atoms with E-state index < -0.39 is 0 Å². The Morgan fingerprint density at radius 2 is 2.31 bits per heavy atom. The van der Waals surface area contributed by atoms with E-state index in [-0.39, 0.29) is 18.7 Å². The van der Waals surface area contributed by atoms with Gasteiger partial charge < -0.3 is 15.4 Å². The molecule has 2 unspecified atom stereocenters. The van der Waals surface area contributed by atoms with E-state index in [1.807, 2.05) is 19.2 Å². The third-order valence-electron chi connectivity index (χ3n) is 2.76. The molecule has 0 saturated carbocycles. The molecule has 2 rings (SSSR count). The van der Waals surface area contributed by atoms with Crippen molar-refractivity contribution >= 4 is 11.0 Å². The Hall–Kier alpha value is -1.39. The van der Waals surface area contributed by atoms with E-state index >= 15 is 0 Å². The van der Waals surface area contributed by atoms with Gasteiger partial charge in [-0.15, -0.1) is 0 Å². The van der Waals surface area contributed by atoms with E-state index in [9.17, 15) is 0 Å². The van der Waals surface area contributed by atoms with Gasteiger partial charge in [-0.25, -0.2) is 4.98 Å². The van der Waals surface area contributed by atoms with Crippen molar-refractivity contribution in [3.63, 3.8) is 0 Å². The fourth-order valence-electron chi connectivity index (χ4n) is 1.90. The molecule has 0 saturated heterocycles. The molecule has 0 spiro atoms. The van der Waals surface area contributed by atoms with Crippen LogP contribution in [0.4, 0.5) is 0 Å². The first-order chi connectivity index (χ1) is 7.72. The lowest BCUT2D eigenvalue weighted by Crippen LogP contribution is -2.31. The zero-order chi connectivity index (χ0) is 11.5. The van der Waals surface area contributed by atoms with Gasteiger partial charge in [-0.1, -0.05) is 0 Å². The molecule has 2 aromatic rings. The molecule has 86 valence electrons. The number of pyridine rings is 1. The molecule has 4 heteroatoms. The van der Waals surface area contributed by atoms with Crippen molar-refractivity contribution < 1.29 is 5.11 Å². The van der Waals surface area contributed by atoms with Gasteiger partial charge in [0.05, 0.1) is 6.61 Å². The highest BCUT2D eigenvalue weighted by Crippen LogP contribution is 2.22. The predicted molar refractivity (Wildman–Crippen MR) is 64.2 cm³/mol. The fourth-order valence-corrected chi connectivity index (χ4v) is 1.90. The molecule has 0 aliphatic heterocycles. The lowest BCUT2D eigenvalue weighted by Gasteiger charge is -2.17. The van der Waals surface area contributed by atoms with Crippen LogP contribution in [-0.4, -0.2) is 27.7 Å². The average Bonchev–Trinajstić information content (AvgIpc) is 2.72. The van der Waals surface area contributed by atoms with E-state index in [0.717, 1.165) is 11.0 Å². The van der Waals surface area contributed by atoms with Crippen LogP contribution >= 0.6 is 0 Å². The number of rotatable bonds is 4. The van der Waals surface area contributed by atoms with Crippen LogP contribution in [0.5, 0.6) is 0 Å². The van der Waals surface area contributed by atoms with Crippen molar-refractivity contribution in [1.82, 2.24) is 15.3 Å². The summed E-state index contributed by atoms with van der Waals surface area (Å²) in [6.07, 6.45) is 3.75. The maximum Gasteiger partial charge on any atom is 0.137 e. The van der Waals surface area contributed by atoms with Crippen LogP contribution in [0, 0.1) is 0 Å². The van der Waals surface area contributed by atoms with Gasteiger partial charge in [0.1, 0.15) is 5.65 Å². The highest BCUT2D eigenvalue weighted by Gasteiger charge is 2.13. The zero-order valence-corrected chi connectivity index (χ0v) is 9.57. The summed E-state index contributed by atoms with van der Waals surface area (Å²) in [4.78, 5) is 7.40. The molecule has 0 bridgehead atoms. The summed E-state index contributed by atoms with van der Waals surface area (Å²) in [6.45, 7) is 4.19. The van der Waals surface area contributed by atoms with E-state index in [2.05, 4.69) is 28.3 Å². The molecule has 4 nitrogen and oxygen atoms in total. The monoisotopic (exact) mass is 219 g/mol. The van der Waals surface area contributed by atoms with Crippen LogP contribution in [0.25, 0.3) is 11.0 Å². The largest absolute Gasteiger partial charge is 0.395 e. The molecular weight excluding hydrogens is 202 g/mol. The summed E-state index contributed by atoms with van der Waals surface area (Å²) in [5.74, 6) is 0. The van der Waals surface area contributed by atoms with Gasteiger partial charge >= 0.3 is 0 Å². The second kappa shape index (κ2) is 4.63. The summed E-state index contributed by atoms with van der Waals surface area (Å²) < 4.78 is 0. The van der Waals surface area contributed by atoms with E-state index in [1.165, 1.54) is 5.56 Å². The van der Waals surface area contributed by atoms with Crippen molar-refractivity contribution in [2.45, 2.75) is 25.9 Å². The number of H-pyrrole nitrogens is 1. The van der Waals surface area contributed by atoms with Gasteiger partial charge in [0.2, 0.25) is 0 Å². The molecule has 0 aromatic carbocycles. The quantitative estimate of drug-likeness (QED) is 0.732. The normalized spacial score (nSPS) is 15.2. The number of nitrogens with zero attached hydrogens (tertiary/aromatic N) is 1. The Balaban J connectivity index is 2.26. The standard InChI is InChI=1S/C12H17N3O/c1-8(7-16)15-9(2)11-6-14-12-10(11)4-3-5-13-12/h3-6,8-9,15-16H,7H2,1-2H3,(H,13,14). The van der Waals surface area contributed by atoms with E-state index in [1.54, 1.807) is 6.20 Å². The smallest absolute Gasteiger partial charge is 0.137 e. The van der Waals surface area contributed by atoms with Gasteiger partial charge in [-0.3, -0.25) is 0 Å². The lowest BCUT2D eigenvalue weighted by molar-refractivity contribution is 0.243. The van der Waals surface area contributed by atoms with Crippen LogP contribution in [0.1, 0.15) is 25.5 Å². The Labute approximate surface area is 94.7 Å². The van der Waals surface area contributed by atoms with Crippen molar-refractivity contribution in [1.29, 1.82) is 0 Å². The second-order valence-corrected chi connectivity index (χ2v) is 4.12. The summed E-state index contributed by atoms with van der Waals surface area (Å²) >= 11 is 0. The number of aliphatic hydroxyl groups excluding tert-OH is 1. The van der Waals surface area contributed by atoms with E-state index in [4.69, 9.17) is 5.11 Å². The Kier molecular flexibility index (Phi) is 3.22. The molecule has 2 heterocycles. The number of hydrogen-bond acceptors (Lipinski definition) is 3. The van der Waals surface area contributed by atoms with Gasteiger partial charge in [0, 0.05) is 29.9 Å². The number of aliphatic hydroxyl groups is 1. The maximum absolute atomic E-state index is 9.01. The van der Waals surface area contributed by atoms with Crippen molar-refractivity contribution in [3.8, 4) is 0 Å². The minimum atomic E-state index is 0.0941. The maximum atomic E-state index is 9.01. The van der Waals surface area contributed by atoms with Crippen LogP contribution in [0.3, 0.4) is 0 Å². The highest BCUT2D eigenvalue weighted by molar-refractivity contribution is 5.79. The van der Waals surface area contributed by atoms with Gasteiger partial charge in [-0.2, -0.15) is 0 Å². The number of fused-ring (bicyclic) bond motifs is 1. The number of aromatic nitrogens is 2. The second-order valence-electron chi connectivity index (χ2n) is 4.12. The van der Waals surface area contributed by atoms with Gasteiger partial charge in [0.15, 0.2) is 0 Å². The summed E-state index contributed by atoms with van der Waals surface area (Å²) in [7, 11) is 0. The molecule has 0 radical (unpaired) electrons. The molecular formula is C12H17N3O. The highest BCUT2D eigenvalue weighted by atomic mass is 16.3. The van der Waals surface area contributed by atoms with Gasteiger partial charge in [0.25, 0.3) is 0 Å². The minimum Gasteiger partial charge on any atom is -0.395 e. The molecule has 0 amide bonds. The van der Waals surface area contributed by atoms with Crippen LogP contribution < -0.4 is 5.32 Å². The van der Waals surface area contributed by atoms with Crippen LogP contribution in [0.2, 0.25) is 0 Å². The molecule has 16 heavy (non-hydrogen) atoms. The topological polar surface area (TPSA) is 60.9 Å². The zero-order valence-electron chi connectivity index (χ0n) is 9.57. The molecule has 0 aliphatic rings. The van der Waals surface area contributed by atoms with Crippen LogP contribution in [0.15, 0.2) is 24.5 Å². The van der Waals surface area contributed by atoms with Crippen molar-refractivity contribution in [2.75, 3.05) is 6.61 Å². The number of hydrogen-bond donors (Lipinski definition) is 3. The molecule has 0 aliphatic carbocycles. The van der Waals surface area contributed by atoms with Crippen molar-refractivity contribution in [3.05, 3.63) is 30.1 Å². The summed E-state index contributed by atoms with van der Waals surface area (Å²) in [5.41, 5.74) is 2.09. The van der Waals surface area contributed by atoms with Crippen LogP contribution in [-0.2, 0) is 0 Å². The Morgan fingerprint density at radius 3 is 3.06 bits per heavy atom. The summed E-state index contributed by atoms with van der Waals surface area (Å²) in [5, 5.41) is 13.5. The Morgan fingerprint density at radius 1 is 1.50 bits per heavy atom. The molecule has 3 N–H and O–H groups in total. The number of aromatic amines is 1.